The van der Waals surface area contributed by atoms with Gasteiger partial charge in [-0.25, -0.2) is 14.8 Å². The van der Waals surface area contributed by atoms with E-state index in [0.717, 1.165) is 24.1 Å². The molecule has 34 heavy (non-hydrogen) atoms. The van der Waals surface area contributed by atoms with E-state index in [9.17, 15) is 10.1 Å². The number of hydrogen-bond donors (Lipinski definition) is 2. The van der Waals surface area contributed by atoms with Gasteiger partial charge in [0.1, 0.15) is 17.9 Å². The lowest BCUT2D eigenvalue weighted by molar-refractivity contribution is 0.0254. The summed E-state index contributed by atoms with van der Waals surface area (Å²) in [5, 5.41) is 15.6. The summed E-state index contributed by atoms with van der Waals surface area (Å²) in [5.41, 5.74) is 3.30. The summed E-state index contributed by atoms with van der Waals surface area (Å²) < 4.78 is 11.4. The normalized spacial score (nSPS) is 13.6. The lowest BCUT2D eigenvalue weighted by atomic mass is 10.1. The lowest BCUT2D eigenvalue weighted by Crippen LogP contribution is -2.27. The number of hydrogen-bond acceptors (Lipinski definition) is 7. The molecule has 174 valence electrons. The van der Waals surface area contributed by atoms with Crippen molar-refractivity contribution in [2.24, 2.45) is 0 Å². The van der Waals surface area contributed by atoms with E-state index in [4.69, 9.17) is 9.47 Å². The molecule has 0 bridgehead atoms. The Labute approximate surface area is 198 Å². The largest absolute Gasteiger partial charge is 0.489 e. The molecule has 9 heteroatoms. The number of aromatic nitrogens is 2. The molecule has 2 N–H and O–H groups in total. The predicted molar refractivity (Wildman–Crippen MR) is 129 cm³/mol. The molecule has 1 aromatic heterocycles. The minimum Gasteiger partial charge on any atom is -0.489 e. The van der Waals surface area contributed by atoms with Crippen molar-refractivity contribution in [2.75, 3.05) is 37.9 Å². The summed E-state index contributed by atoms with van der Waals surface area (Å²) in [6, 6.07) is 16.6. The Hall–Kier alpha value is -4.16. The van der Waals surface area contributed by atoms with Crippen LogP contribution in [0.2, 0.25) is 0 Å². The van der Waals surface area contributed by atoms with Gasteiger partial charge in [-0.3, -0.25) is 0 Å². The second kappa shape index (κ2) is 10.6. The van der Waals surface area contributed by atoms with Crippen LogP contribution in [0, 0.1) is 11.3 Å². The van der Waals surface area contributed by atoms with Crippen molar-refractivity contribution >= 4 is 23.4 Å². The summed E-state index contributed by atoms with van der Waals surface area (Å²) in [7, 11) is 3.36. The Bertz CT molecular complexity index is 1200. The summed E-state index contributed by atoms with van der Waals surface area (Å²) in [4.78, 5) is 22.3. The first kappa shape index (κ1) is 23.0. The molecule has 0 spiro atoms. The van der Waals surface area contributed by atoms with E-state index in [1.165, 1.54) is 4.90 Å². The van der Waals surface area contributed by atoms with Crippen molar-refractivity contribution in [3.8, 4) is 23.1 Å². The van der Waals surface area contributed by atoms with Gasteiger partial charge < -0.3 is 25.0 Å². The zero-order valence-electron chi connectivity index (χ0n) is 19.1. The lowest BCUT2D eigenvalue weighted by Gasteiger charge is -2.23. The molecule has 0 saturated carbocycles. The van der Waals surface area contributed by atoms with Crippen LogP contribution in [0.25, 0.3) is 11.3 Å². The van der Waals surface area contributed by atoms with E-state index < -0.39 is 0 Å². The fraction of sp³-hybridized carbons (Fsp3) is 0.280. The maximum atomic E-state index is 11.9. The molecule has 1 saturated heterocycles. The number of nitrogens with zero attached hydrogens (tertiary/aromatic N) is 4. The summed E-state index contributed by atoms with van der Waals surface area (Å²) in [6.45, 7) is 1.35. The predicted octanol–water partition coefficient (Wildman–Crippen LogP) is 4.41. The first-order chi connectivity index (χ1) is 16.5. The van der Waals surface area contributed by atoms with Crippen molar-refractivity contribution in [3.05, 3.63) is 60.3 Å². The number of benzene rings is 2. The quantitative estimate of drug-likeness (QED) is 0.563. The fourth-order valence-corrected chi connectivity index (χ4v) is 3.47. The molecule has 9 nitrogen and oxygen atoms in total. The number of amides is 2. The van der Waals surface area contributed by atoms with Crippen LogP contribution >= 0.6 is 0 Å². The number of nitrogens with one attached hydrogen (secondary N) is 2. The summed E-state index contributed by atoms with van der Waals surface area (Å²) in [5.74, 6) is 0.969. The average Bonchev–Trinajstić information content (AvgIpc) is 2.85. The monoisotopic (exact) mass is 458 g/mol. The van der Waals surface area contributed by atoms with Crippen LogP contribution in [0.5, 0.6) is 5.75 Å². The van der Waals surface area contributed by atoms with Gasteiger partial charge in [-0.2, -0.15) is 5.26 Å². The number of nitriles is 1. The van der Waals surface area contributed by atoms with Crippen LogP contribution in [0.3, 0.4) is 0 Å². The Morgan fingerprint density at radius 3 is 2.71 bits per heavy atom. The molecule has 0 radical (unpaired) electrons. The smallest absolute Gasteiger partial charge is 0.321 e. The zero-order valence-corrected chi connectivity index (χ0v) is 19.1. The maximum absolute atomic E-state index is 11.9. The van der Waals surface area contributed by atoms with E-state index in [-0.39, 0.29) is 12.1 Å². The van der Waals surface area contributed by atoms with E-state index in [0.29, 0.717) is 41.9 Å². The molecular formula is C25H26N6O3. The molecule has 2 aromatic carbocycles. The van der Waals surface area contributed by atoms with E-state index in [2.05, 4.69) is 26.7 Å². The third kappa shape index (κ3) is 5.79. The molecule has 0 atom stereocenters. The maximum Gasteiger partial charge on any atom is 0.321 e. The third-order valence-electron chi connectivity index (χ3n) is 5.29. The third-order valence-corrected chi connectivity index (χ3v) is 5.29. The molecule has 4 rings (SSSR count). The van der Waals surface area contributed by atoms with E-state index in [1.807, 2.05) is 24.3 Å². The van der Waals surface area contributed by atoms with Gasteiger partial charge in [0.05, 0.1) is 24.5 Å². The van der Waals surface area contributed by atoms with Gasteiger partial charge in [0.15, 0.2) is 0 Å². The van der Waals surface area contributed by atoms with Gasteiger partial charge in [-0.15, -0.1) is 0 Å². The van der Waals surface area contributed by atoms with E-state index >= 15 is 0 Å². The molecule has 1 aliphatic rings. The van der Waals surface area contributed by atoms with Crippen molar-refractivity contribution in [1.29, 1.82) is 5.26 Å². The van der Waals surface area contributed by atoms with E-state index in [1.54, 1.807) is 44.6 Å². The minimum absolute atomic E-state index is 0.0554. The molecule has 0 aliphatic carbocycles. The molecule has 1 aliphatic heterocycles. The van der Waals surface area contributed by atoms with Crippen molar-refractivity contribution < 1.29 is 14.3 Å². The first-order valence-electron chi connectivity index (χ1n) is 11.0. The SMILES string of the molecule is CN(C)C(=O)Nc1cccc(Nc2nccc(-c3ccc(OC4CCOCC4)c(C#N)c3)n2)c1. The van der Waals surface area contributed by atoms with Gasteiger partial charge in [-0.1, -0.05) is 6.07 Å². The van der Waals surface area contributed by atoms with Gasteiger partial charge in [0.25, 0.3) is 0 Å². The number of carbonyl (C=O) groups is 1. The number of urea groups is 1. The Balaban J connectivity index is 1.50. The molecule has 2 heterocycles. The Morgan fingerprint density at radius 2 is 1.94 bits per heavy atom. The summed E-state index contributed by atoms with van der Waals surface area (Å²) in [6.07, 6.45) is 3.34. The van der Waals surface area contributed by atoms with Crippen LogP contribution < -0.4 is 15.4 Å². The first-order valence-corrected chi connectivity index (χ1v) is 11.0. The highest BCUT2D eigenvalue weighted by atomic mass is 16.5. The Kier molecular flexibility index (Phi) is 7.20. The second-order valence-corrected chi connectivity index (χ2v) is 8.05. The van der Waals surface area contributed by atoms with Gasteiger partial charge in [0.2, 0.25) is 5.95 Å². The number of rotatable bonds is 6. The van der Waals surface area contributed by atoms with Crippen molar-refractivity contribution in [2.45, 2.75) is 18.9 Å². The average molecular weight is 459 g/mol. The number of ether oxygens (including phenoxy) is 2. The van der Waals surface area contributed by atoms with Crippen LogP contribution in [0.4, 0.5) is 22.1 Å². The highest BCUT2D eigenvalue weighted by Gasteiger charge is 2.17. The second-order valence-electron chi connectivity index (χ2n) is 8.05. The molecule has 2 amide bonds. The summed E-state index contributed by atoms with van der Waals surface area (Å²) >= 11 is 0. The van der Waals surface area contributed by atoms with Crippen molar-refractivity contribution in [3.63, 3.8) is 0 Å². The molecular weight excluding hydrogens is 432 g/mol. The highest BCUT2D eigenvalue weighted by Crippen LogP contribution is 2.28. The highest BCUT2D eigenvalue weighted by molar-refractivity contribution is 5.89. The van der Waals surface area contributed by atoms with Crippen LogP contribution in [-0.2, 0) is 4.74 Å². The topological polar surface area (TPSA) is 112 Å². The van der Waals surface area contributed by atoms with Crippen LogP contribution in [0.15, 0.2) is 54.7 Å². The minimum atomic E-state index is -0.215. The molecule has 0 unspecified atom stereocenters. The fourth-order valence-electron chi connectivity index (χ4n) is 3.47. The van der Waals surface area contributed by atoms with Gasteiger partial charge in [0, 0.05) is 50.1 Å². The molecule has 3 aromatic rings. The van der Waals surface area contributed by atoms with Crippen molar-refractivity contribution in [1.82, 2.24) is 14.9 Å². The Morgan fingerprint density at radius 1 is 1.15 bits per heavy atom. The number of carbonyl (C=O) groups excluding carboxylic acids is 1. The standard InChI is InChI=1S/C25H26N6O3/c1-31(2)25(32)29-20-5-3-4-19(15-20)28-24-27-11-8-22(30-24)17-6-7-23(18(14-17)16-26)34-21-9-12-33-13-10-21/h3-8,11,14-15,21H,9-10,12-13H2,1-2H3,(H,29,32)(H,27,28,30). The van der Waals surface area contributed by atoms with Crippen LogP contribution in [-0.4, -0.2) is 54.3 Å². The van der Waals surface area contributed by atoms with Gasteiger partial charge in [-0.05, 0) is 42.5 Å². The number of anilines is 3. The molecule has 1 fully saturated rings. The van der Waals surface area contributed by atoms with Gasteiger partial charge >= 0.3 is 6.03 Å². The van der Waals surface area contributed by atoms with Crippen LogP contribution in [0.1, 0.15) is 18.4 Å². The zero-order chi connectivity index (χ0) is 23.9.